The SMILES string of the molecule is CCCC1CCN(CCCC(C)(NCC)C(=O)O)C1. The van der Waals surface area contributed by atoms with E-state index in [1.54, 1.807) is 6.92 Å². The molecule has 1 rings (SSSR count). The summed E-state index contributed by atoms with van der Waals surface area (Å²) in [5.74, 6) is 0.129. The van der Waals surface area contributed by atoms with Crippen LogP contribution < -0.4 is 5.32 Å². The molecule has 112 valence electrons. The maximum absolute atomic E-state index is 11.3. The molecule has 1 heterocycles. The topological polar surface area (TPSA) is 52.6 Å². The molecule has 1 aliphatic heterocycles. The molecule has 19 heavy (non-hydrogen) atoms. The number of likely N-dealkylation sites (N-methyl/N-ethyl adjacent to an activating group) is 1. The number of nitrogens with zero attached hydrogens (tertiary/aromatic N) is 1. The van der Waals surface area contributed by atoms with E-state index in [0.717, 1.165) is 18.9 Å². The highest BCUT2D eigenvalue weighted by atomic mass is 16.4. The van der Waals surface area contributed by atoms with Crippen molar-refractivity contribution >= 4 is 5.97 Å². The molecule has 0 aromatic carbocycles. The number of rotatable bonds is 9. The molecule has 2 atom stereocenters. The average molecular weight is 270 g/mol. The van der Waals surface area contributed by atoms with Crippen molar-refractivity contribution in [3.8, 4) is 0 Å². The van der Waals surface area contributed by atoms with Gasteiger partial charge in [-0.15, -0.1) is 0 Å². The van der Waals surface area contributed by atoms with Gasteiger partial charge >= 0.3 is 5.97 Å². The Bertz CT molecular complexity index is 283. The molecule has 0 aromatic heterocycles. The van der Waals surface area contributed by atoms with E-state index in [9.17, 15) is 9.90 Å². The standard InChI is InChI=1S/C15H30N2O2/c1-4-7-13-8-11-17(12-13)10-6-9-15(3,14(18)19)16-5-2/h13,16H,4-12H2,1-3H3,(H,18,19). The van der Waals surface area contributed by atoms with Gasteiger partial charge in [0.1, 0.15) is 5.54 Å². The minimum Gasteiger partial charge on any atom is -0.480 e. The zero-order valence-corrected chi connectivity index (χ0v) is 12.7. The van der Waals surface area contributed by atoms with Gasteiger partial charge in [0.15, 0.2) is 0 Å². The highest BCUT2D eigenvalue weighted by Gasteiger charge is 2.31. The third-order valence-electron chi connectivity index (χ3n) is 4.26. The summed E-state index contributed by atoms with van der Waals surface area (Å²) >= 11 is 0. The molecule has 0 saturated carbocycles. The largest absolute Gasteiger partial charge is 0.480 e. The normalized spacial score (nSPS) is 23.4. The Labute approximate surface area is 117 Å². The van der Waals surface area contributed by atoms with Crippen LogP contribution in [0.3, 0.4) is 0 Å². The van der Waals surface area contributed by atoms with Crippen LogP contribution in [0.15, 0.2) is 0 Å². The van der Waals surface area contributed by atoms with E-state index >= 15 is 0 Å². The van der Waals surface area contributed by atoms with Crippen LogP contribution >= 0.6 is 0 Å². The first-order valence-corrected chi connectivity index (χ1v) is 7.72. The van der Waals surface area contributed by atoms with E-state index in [1.807, 2.05) is 6.92 Å². The molecule has 0 aromatic rings. The Balaban J connectivity index is 2.27. The second-order valence-corrected chi connectivity index (χ2v) is 6.02. The minimum absolute atomic E-state index is 0.699. The summed E-state index contributed by atoms with van der Waals surface area (Å²) in [5, 5.41) is 12.4. The smallest absolute Gasteiger partial charge is 0.323 e. The lowest BCUT2D eigenvalue weighted by Crippen LogP contribution is -2.49. The van der Waals surface area contributed by atoms with Gasteiger partial charge in [-0.1, -0.05) is 20.3 Å². The summed E-state index contributed by atoms with van der Waals surface area (Å²) in [5.41, 5.74) is -0.767. The van der Waals surface area contributed by atoms with Crippen LogP contribution in [0.1, 0.15) is 52.9 Å². The second kappa shape index (κ2) is 7.85. The average Bonchev–Trinajstić information content (AvgIpc) is 2.77. The van der Waals surface area contributed by atoms with Crippen molar-refractivity contribution in [3.05, 3.63) is 0 Å². The zero-order chi connectivity index (χ0) is 14.3. The maximum atomic E-state index is 11.3. The van der Waals surface area contributed by atoms with Crippen molar-refractivity contribution in [2.75, 3.05) is 26.2 Å². The first-order chi connectivity index (χ1) is 9.01. The van der Waals surface area contributed by atoms with Crippen molar-refractivity contribution in [2.24, 2.45) is 5.92 Å². The number of carboxylic acids is 1. The van der Waals surface area contributed by atoms with Crippen LogP contribution in [0.2, 0.25) is 0 Å². The quantitative estimate of drug-likeness (QED) is 0.675. The number of hydrogen-bond acceptors (Lipinski definition) is 3. The third kappa shape index (κ3) is 5.11. The Hall–Kier alpha value is -0.610. The lowest BCUT2D eigenvalue weighted by atomic mass is 9.95. The predicted octanol–water partition coefficient (Wildman–Crippen LogP) is 2.34. The van der Waals surface area contributed by atoms with Crippen molar-refractivity contribution in [1.82, 2.24) is 10.2 Å². The number of hydrogen-bond donors (Lipinski definition) is 2. The van der Waals surface area contributed by atoms with Crippen LogP contribution in [0, 0.1) is 5.92 Å². The molecular weight excluding hydrogens is 240 g/mol. The van der Waals surface area contributed by atoms with Crippen molar-refractivity contribution < 1.29 is 9.90 Å². The molecule has 0 bridgehead atoms. The number of likely N-dealkylation sites (tertiary alicyclic amines) is 1. The minimum atomic E-state index is -0.767. The Morgan fingerprint density at radius 2 is 2.21 bits per heavy atom. The summed E-state index contributed by atoms with van der Waals surface area (Å²) < 4.78 is 0. The molecule has 2 N–H and O–H groups in total. The van der Waals surface area contributed by atoms with Gasteiger partial charge in [0.2, 0.25) is 0 Å². The van der Waals surface area contributed by atoms with Crippen LogP contribution in [0.5, 0.6) is 0 Å². The number of carbonyl (C=O) groups is 1. The van der Waals surface area contributed by atoms with E-state index < -0.39 is 11.5 Å². The zero-order valence-electron chi connectivity index (χ0n) is 12.7. The van der Waals surface area contributed by atoms with Gasteiger partial charge in [-0.05, 0) is 58.2 Å². The molecule has 4 heteroatoms. The number of nitrogens with one attached hydrogen (secondary N) is 1. The highest BCUT2D eigenvalue weighted by molar-refractivity contribution is 5.78. The van der Waals surface area contributed by atoms with Crippen molar-refractivity contribution in [2.45, 2.75) is 58.4 Å². The molecule has 0 spiro atoms. The Kier molecular flexibility index (Phi) is 6.80. The summed E-state index contributed by atoms with van der Waals surface area (Å²) in [4.78, 5) is 13.8. The van der Waals surface area contributed by atoms with Gasteiger partial charge in [0, 0.05) is 6.54 Å². The van der Waals surface area contributed by atoms with Gasteiger partial charge < -0.3 is 15.3 Å². The Morgan fingerprint density at radius 3 is 2.79 bits per heavy atom. The van der Waals surface area contributed by atoms with Gasteiger partial charge in [0.05, 0.1) is 0 Å². The lowest BCUT2D eigenvalue weighted by molar-refractivity contribution is -0.144. The van der Waals surface area contributed by atoms with E-state index in [4.69, 9.17) is 0 Å². The molecule has 4 nitrogen and oxygen atoms in total. The molecule has 1 fully saturated rings. The Morgan fingerprint density at radius 1 is 1.47 bits per heavy atom. The second-order valence-electron chi connectivity index (χ2n) is 6.02. The predicted molar refractivity (Wildman–Crippen MR) is 78.4 cm³/mol. The molecule has 0 radical (unpaired) electrons. The van der Waals surface area contributed by atoms with E-state index in [0.29, 0.717) is 13.0 Å². The van der Waals surface area contributed by atoms with Crippen LogP contribution in [-0.4, -0.2) is 47.7 Å². The molecule has 0 aliphatic carbocycles. The number of carboxylic acid groups (broad SMARTS) is 1. The summed E-state index contributed by atoms with van der Waals surface area (Å²) in [7, 11) is 0. The summed E-state index contributed by atoms with van der Waals surface area (Å²) in [6, 6.07) is 0. The molecule has 0 amide bonds. The van der Waals surface area contributed by atoms with Gasteiger partial charge in [-0.3, -0.25) is 4.79 Å². The van der Waals surface area contributed by atoms with E-state index in [-0.39, 0.29) is 0 Å². The van der Waals surface area contributed by atoms with Gasteiger partial charge in [-0.2, -0.15) is 0 Å². The lowest BCUT2D eigenvalue weighted by Gasteiger charge is -2.26. The molecular formula is C15H30N2O2. The first kappa shape index (κ1) is 16.4. The van der Waals surface area contributed by atoms with Crippen LogP contribution in [-0.2, 0) is 4.79 Å². The maximum Gasteiger partial charge on any atom is 0.323 e. The van der Waals surface area contributed by atoms with Crippen LogP contribution in [0.25, 0.3) is 0 Å². The first-order valence-electron chi connectivity index (χ1n) is 7.72. The van der Waals surface area contributed by atoms with Crippen molar-refractivity contribution in [1.29, 1.82) is 0 Å². The monoisotopic (exact) mass is 270 g/mol. The molecule has 1 aliphatic rings. The fourth-order valence-corrected chi connectivity index (χ4v) is 3.08. The number of aliphatic carboxylic acids is 1. The summed E-state index contributed by atoms with van der Waals surface area (Å²) in [6.07, 6.45) is 5.58. The van der Waals surface area contributed by atoms with E-state index in [1.165, 1.54) is 32.4 Å². The molecule has 2 unspecified atom stereocenters. The van der Waals surface area contributed by atoms with Crippen LogP contribution in [0.4, 0.5) is 0 Å². The third-order valence-corrected chi connectivity index (χ3v) is 4.26. The molecule has 1 saturated heterocycles. The van der Waals surface area contributed by atoms with Gasteiger partial charge in [0.25, 0.3) is 0 Å². The van der Waals surface area contributed by atoms with E-state index in [2.05, 4.69) is 17.1 Å². The highest BCUT2D eigenvalue weighted by Crippen LogP contribution is 2.22. The van der Waals surface area contributed by atoms with Gasteiger partial charge in [-0.25, -0.2) is 0 Å². The fourth-order valence-electron chi connectivity index (χ4n) is 3.08. The summed E-state index contributed by atoms with van der Waals surface area (Å²) in [6.45, 7) is 10.1. The van der Waals surface area contributed by atoms with Crippen molar-refractivity contribution in [3.63, 3.8) is 0 Å². The fraction of sp³-hybridized carbons (Fsp3) is 0.933.